The van der Waals surface area contributed by atoms with Crippen molar-refractivity contribution in [3.8, 4) is 0 Å². The Hall–Kier alpha value is -1.89. The van der Waals surface area contributed by atoms with Crippen molar-refractivity contribution in [2.75, 3.05) is 0 Å². The average molecular weight is 235 g/mol. The largest absolute Gasteiger partial charge is 0.284 e. The third-order valence-corrected chi connectivity index (χ3v) is 3.56. The fraction of sp³-hybridized carbons (Fsp3) is 0.235. The standard InChI is InChI=1S/C17H17N/c1-13-11-15-9-5-6-10-16(15)17(13)18-12-14-7-3-2-4-8-14/h2-10,13H,11-12H2,1H3. The second-order valence-electron chi connectivity index (χ2n) is 4.95. The van der Waals surface area contributed by atoms with Gasteiger partial charge in [0.25, 0.3) is 0 Å². The average Bonchev–Trinajstić information content (AvgIpc) is 2.73. The second-order valence-corrected chi connectivity index (χ2v) is 4.95. The minimum Gasteiger partial charge on any atom is -0.284 e. The molecule has 1 heteroatoms. The first-order valence-electron chi connectivity index (χ1n) is 6.51. The SMILES string of the molecule is CC1Cc2ccccc2C1=NCc1ccccc1. The summed E-state index contributed by atoms with van der Waals surface area (Å²) < 4.78 is 0. The normalized spacial score (nSPS) is 20.1. The predicted molar refractivity (Wildman–Crippen MR) is 76.0 cm³/mol. The molecule has 1 nitrogen and oxygen atoms in total. The van der Waals surface area contributed by atoms with E-state index in [-0.39, 0.29) is 0 Å². The van der Waals surface area contributed by atoms with Crippen molar-refractivity contribution in [3.63, 3.8) is 0 Å². The maximum Gasteiger partial charge on any atom is 0.0643 e. The molecule has 0 bridgehead atoms. The van der Waals surface area contributed by atoms with Crippen molar-refractivity contribution < 1.29 is 0 Å². The molecular formula is C17H17N. The first-order valence-corrected chi connectivity index (χ1v) is 6.51. The molecule has 0 amide bonds. The van der Waals surface area contributed by atoms with Crippen LogP contribution in [0.2, 0.25) is 0 Å². The van der Waals surface area contributed by atoms with Gasteiger partial charge in [0.2, 0.25) is 0 Å². The predicted octanol–water partition coefficient (Wildman–Crippen LogP) is 3.87. The van der Waals surface area contributed by atoms with Crippen LogP contribution in [0, 0.1) is 5.92 Å². The lowest BCUT2D eigenvalue weighted by Gasteiger charge is -2.05. The molecule has 0 saturated heterocycles. The zero-order chi connectivity index (χ0) is 12.4. The number of rotatable bonds is 2. The summed E-state index contributed by atoms with van der Waals surface area (Å²) in [5.74, 6) is 0.547. The highest BCUT2D eigenvalue weighted by atomic mass is 14.7. The van der Waals surface area contributed by atoms with E-state index in [1.54, 1.807) is 0 Å². The zero-order valence-electron chi connectivity index (χ0n) is 10.6. The van der Waals surface area contributed by atoms with Gasteiger partial charge in [0.15, 0.2) is 0 Å². The zero-order valence-corrected chi connectivity index (χ0v) is 10.6. The van der Waals surface area contributed by atoms with Gasteiger partial charge in [-0.3, -0.25) is 4.99 Å². The molecule has 0 aromatic heterocycles. The van der Waals surface area contributed by atoms with E-state index in [9.17, 15) is 0 Å². The van der Waals surface area contributed by atoms with Gasteiger partial charge in [-0.15, -0.1) is 0 Å². The van der Waals surface area contributed by atoms with E-state index in [0.717, 1.165) is 13.0 Å². The minimum absolute atomic E-state index is 0.547. The Morgan fingerprint density at radius 2 is 1.72 bits per heavy atom. The number of hydrogen-bond acceptors (Lipinski definition) is 1. The van der Waals surface area contributed by atoms with Crippen LogP contribution in [0.3, 0.4) is 0 Å². The molecule has 2 aromatic carbocycles. The monoisotopic (exact) mass is 235 g/mol. The van der Waals surface area contributed by atoms with Gasteiger partial charge in [-0.05, 0) is 23.1 Å². The summed E-state index contributed by atoms with van der Waals surface area (Å²) in [7, 11) is 0. The molecule has 0 saturated carbocycles. The van der Waals surface area contributed by atoms with Crippen LogP contribution in [-0.4, -0.2) is 5.71 Å². The van der Waals surface area contributed by atoms with Crippen molar-refractivity contribution in [1.82, 2.24) is 0 Å². The van der Waals surface area contributed by atoms with E-state index in [0.29, 0.717) is 5.92 Å². The molecule has 2 aromatic rings. The van der Waals surface area contributed by atoms with Crippen LogP contribution in [0.5, 0.6) is 0 Å². The lowest BCUT2D eigenvalue weighted by atomic mass is 10.1. The number of fused-ring (bicyclic) bond motifs is 1. The minimum atomic E-state index is 0.547. The van der Waals surface area contributed by atoms with Crippen LogP contribution in [0.4, 0.5) is 0 Å². The Morgan fingerprint density at radius 3 is 2.56 bits per heavy atom. The highest BCUT2D eigenvalue weighted by Crippen LogP contribution is 2.27. The number of aliphatic imine (C=N–C) groups is 1. The van der Waals surface area contributed by atoms with Crippen LogP contribution >= 0.6 is 0 Å². The van der Waals surface area contributed by atoms with Gasteiger partial charge in [-0.1, -0.05) is 61.5 Å². The Bertz CT molecular complexity index is 569. The fourth-order valence-corrected chi connectivity index (χ4v) is 2.64. The van der Waals surface area contributed by atoms with Crippen LogP contribution in [0.25, 0.3) is 0 Å². The molecule has 0 aliphatic heterocycles. The first kappa shape index (κ1) is 11.2. The van der Waals surface area contributed by atoms with Crippen molar-refractivity contribution >= 4 is 5.71 Å². The third kappa shape index (κ3) is 2.08. The fourth-order valence-electron chi connectivity index (χ4n) is 2.64. The number of nitrogens with zero attached hydrogens (tertiary/aromatic N) is 1. The molecular weight excluding hydrogens is 218 g/mol. The van der Waals surface area contributed by atoms with Crippen LogP contribution in [0.1, 0.15) is 23.6 Å². The quantitative estimate of drug-likeness (QED) is 0.749. The summed E-state index contributed by atoms with van der Waals surface area (Å²) in [6.45, 7) is 3.05. The van der Waals surface area contributed by atoms with Gasteiger partial charge >= 0.3 is 0 Å². The van der Waals surface area contributed by atoms with Crippen molar-refractivity contribution in [2.45, 2.75) is 19.9 Å². The van der Waals surface area contributed by atoms with E-state index in [2.05, 4.69) is 55.5 Å². The summed E-state index contributed by atoms with van der Waals surface area (Å²) >= 11 is 0. The van der Waals surface area contributed by atoms with E-state index >= 15 is 0 Å². The molecule has 0 N–H and O–H groups in total. The maximum absolute atomic E-state index is 4.83. The number of benzene rings is 2. The molecule has 1 unspecified atom stereocenters. The Kier molecular flexibility index (Phi) is 2.97. The topological polar surface area (TPSA) is 12.4 Å². The Morgan fingerprint density at radius 1 is 1.00 bits per heavy atom. The van der Waals surface area contributed by atoms with Crippen molar-refractivity contribution in [2.24, 2.45) is 10.9 Å². The highest BCUT2D eigenvalue weighted by molar-refractivity contribution is 6.06. The van der Waals surface area contributed by atoms with Gasteiger partial charge in [0.1, 0.15) is 0 Å². The Balaban J connectivity index is 1.88. The summed E-state index contributed by atoms with van der Waals surface area (Å²) in [5.41, 5.74) is 5.34. The molecule has 1 aliphatic carbocycles. The number of hydrogen-bond donors (Lipinski definition) is 0. The van der Waals surface area contributed by atoms with E-state index in [4.69, 9.17) is 4.99 Å². The van der Waals surface area contributed by atoms with Gasteiger partial charge in [-0.25, -0.2) is 0 Å². The molecule has 0 heterocycles. The third-order valence-electron chi connectivity index (χ3n) is 3.56. The summed E-state index contributed by atoms with van der Waals surface area (Å²) in [6, 6.07) is 19.1. The van der Waals surface area contributed by atoms with E-state index < -0.39 is 0 Å². The van der Waals surface area contributed by atoms with Crippen molar-refractivity contribution in [1.29, 1.82) is 0 Å². The summed E-state index contributed by atoms with van der Waals surface area (Å²) in [5, 5.41) is 0. The van der Waals surface area contributed by atoms with Gasteiger partial charge < -0.3 is 0 Å². The lowest BCUT2D eigenvalue weighted by Crippen LogP contribution is -2.06. The van der Waals surface area contributed by atoms with Gasteiger partial charge in [0, 0.05) is 11.6 Å². The molecule has 18 heavy (non-hydrogen) atoms. The lowest BCUT2D eigenvalue weighted by molar-refractivity contribution is 0.793. The molecule has 0 fully saturated rings. The highest BCUT2D eigenvalue weighted by Gasteiger charge is 2.23. The van der Waals surface area contributed by atoms with Crippen molar-refractivity contribution in [3.05, 3.63) is 71.3 Å². The van der Waals surface area contributed by atoms with E-state index in [1.807, 2.05) is 6.07 Å². The van der Waals surface area contributed by atoms with Gasteiger partial charge in [0.05, 0.1) is 6.54 Å². The molecule has 0 spiro atoms. The molecule has 1 atom stereocenters. The summed E-state index contributed by atoms with van der Waals surface area (Å²) in [4.78, 5) is 4.83. The molecule has 1 aliphatic rings. The van der Waals surface area contributed by atoms with Crippen LogP contribution < -0.4 is 0 Å². The first-order chi connectivity index (χ1) is 8.84. The maximum atomic E-state index is 4.83. The summed E-state index contributed by atoms with van der Waals surface area (Å²) in [6.07, 6.45) is 1.13. The van der Waals surface area contributed by atoms with E-state index in [1.165, 1.54) is 22.4 Å². The second kappa shape index (κ2) is 4.77. The molecule has 90 valence electrons. The smallest absolute Gasteiger partial charge is 0.0643 e. The molecule has 3 rings (SSSR count). The van der Waals surface area contributed by atoms with Crippen LogP contribution in [0.15, 0.2) is 59.6 Å². The van der Waals surface area contributed by atoms with Gasteiger partial charge in [-0.2, -0.15) is 0 Å². The Labute approximate surface area is 108 Å². The van der Waals surface area contributed by atoms with Crippen LogP contribution in [-0.2, 0) is 13.0 Å². The molecule has 0 radical (unpaired) electrons.